The Hall–Kier alpha value is -4.06. The van der Waals surface area contributed by atoms with E-state index in [1.807, 2.05) is 42.5 Å². The van der Waals surface area contributed by atoms with Crippen molar-refractivity contribution < 1.29 is 28.6 Å². The van der Waals surface area contributed by atoms with Crippen molar-refractivity contribution in [3.8, 4) is 11.5 Å². The maximum Gasteiger partial charge on any atom is 0.294 e. The van der Waals surface area contributed by atoms with Crippen LogP contribution in [0, 0.1) is 0 Å². The first-order valence-corrected chi connectivity index (χ1v) is 15.6. The van der Waals surface area contributed by atoms with E-state index in [1.165, 1.54) is 0 Å². The van der Waals surface area contributed by atoms with E-state index in [4.69, 9.17) is 14.2 Å². The molecule has 3 aromatic rings. The van der Waals surface area contributed by atoms with Crippen molar-refractivity contribution in [3.63, 3.8) is 0 Å². The van der Waals surface area contributed by atoms with Gasteiger partial charge in [0.15, 0.2) is 11.5 Å². The Labute approximate surface area is 269 Å². The van der Waals surface area contributed by atoms with E-state index in [0.717, 1.165) is 51.0 Å². The number of carbonyl (C=O) groups excluding carboxylic acids is 3. The monoisotopic (exact) mass is 677 g/mol. The minimum atomic E-state index is -0.530. The van der Waals surface area contributed by atoms with Gasteiger partial charge in [0, 0.05) is 34.5 Å². The third kappa shape index (κ3) is 7.71. The third-order valence-corrected chi connectivity index (χ3v) is 8.47. The molecule has 0 atom stereocenters. The van der Waals surface area contributed by atoms with Crippen LogP contribution in [-0.4, -0.2) is 61.9 Å². The zero-order chi connectivity index (χ0) is 31.1. The molecule has 9 nitrogen and oxygen atoms in total. The van der Waals surface area contributed by atoms with Gasteiger partial charge < -0.3 is 24.4 Å². The molecule has 2 aliphatic heterocycles. The molecule has 0 bridgehead atoms. The van der Waals surface area contributed by atoms with Gasteiger partial charge in [0.25, 0.3) is 11.1 Å². The van der Waals surface area contributed by atoms with Gasteiger partial charge >= 0.3 is 0 Å². The number of benzene rings is 3. The van der Waals surface area contributed by atoms with Crippen LogP contribution in [0.4, 0.5) is 16.2 Å². The van der Waals surface area contributed by atoms with Crippen LogP contribution >= 0.6 is 27.7 Å². The van der Waals surface area contributed by atoms with Crippen molar-refractivity contribution in [2.75, 3.05) is 50.2 Å². The molecule has 2 heterocycles. The number of nitrogens with zero attached hydrogens (tertiary/aromatic N) is 2. The molecule has 0 spiro atoms. The summed E-state index contributed by atoms with van der Waals surface area (Å²) in [5, 5.41) is 2.27. The van der Waals surface area contributed by atoms with E-state index in [9.17, 15) is 14.4 Å². The van der Waals surface area contributed by atoms with Gasteiger partial charge in [0.05, 0.1) is 25.2 Å². The summed E-state index contributed by atoms with van der Waals surface area (Å²) in [6.07, 6.45) is 3.89. The summed E-state index contributed by atoms with van der Waals surface area (Å²) in [4.78, 5) is 42.1. The average molecular weight is 679 g/mol. The summed E-state index contributed by atoms with van der Waals surface area (Å²) in [6, 6.07) is 18.9. The number of amides is 3. The van der Waals surface area contributed by atoms with Gasteiger partial charge in [-0.05, 0) is 83.9 Å². The maximum atomic E-state index is 13.2. The number of imide groups is 1. The minimum absolute atomic E-state index is 0.216. The van der Waals surface area contributed by atoms with Crippen molar-refractivity contribution in [1.82, 2.24) is 4.90 Å². The molecular weight excluding hydrogens is 646 g/mol. The fourth-order valence-electron chi connectivity index (χ4n) is 4.83. The van der Waals surface area contributed by atoms with Crippen molar-refractivity contribution >= 4 is 62.2 Å². The van der Waals surface area contributed by atoms with Crippen LogP contribution in [0.5, 0.6) is 11.5 Å². The number of ether oxygens (including phenoxy) is 3. The van der Waals surface area contributed by atoms with Gasteiger partial charge in [-0.1, -0.05) is 34.1 Å². The maximum absolute atomic E-state index is 13.2. The van der Waals surface area contributed by atoms with E-state index >= 15 is 0 Å². The van der Waals surface area contributed by atoms with Gasteiger partial charge in [0.1, 0.15) is 13.2 Å². The van der Waals surface area contributed by atoms with Crippen LogP contribution in [0.15, 0.2) is 82.7 Å². The SMILES string of the molecule is C=CCc1cc(/C=C2\SC(=O)N(CC(=O)Nc3ccc(N4CCOCC4)cc3)C2=O)cc(OC)c1OCc1ccc(Br)cc1. The second kappa shape index (κ2) is 14.6. The predicted molar refractivity (Wildman–Crippen MR) is 176 cm³/mol. The normalized spacial score (nSPS) is 15.9. The Kier molecular flexibility index (Phi) is 10.4. The summed E-state index contributed by atoms with van der Waals surface area (Å²) in [6.45, 7) is 6.79. The highest BCUT2D eigenvalue weighted by atomic mass is 79.9. The fraction of sp³-hybridized carbons (Fsp3) is 0.242. The molecule has 0 unspecified atom stereocenters. The van der Waals surface area contributed by atoms with Gasteiger partial charge in [-0.15, -0.1) is 6.58 Å². The summed E-state index contributed by atoms with van der Waals surface area (Å²) in [5.74, 6) is 0.0775. The number of morpholine rings is 1. The molecule has 5 rings (SSSR count). The van der Waals surface area contributed by atoms with E-state index in [2.05, 4.69) is 32.7 Å². The molecule has 2 fully saturated rings. The molecule has 2 aliphatic rings. The van der Waals surface area contributed by atoms with Gasteiger partial charge in [-0.25, -0.2) is 0 Å². The second-order valence-electron chi connectivity index (χ2n) is 10.1. The van der Waals surface area contributed by atoms with Crippen LogP contribution in [0.1, 0.15) is 16.7 Å². The number of hydrogen-bond acceptors (Lipinski definition) is 8. The Bertz CT molecular complexity index is 1570. The molecule has 3 amide bonds. The predicted octanol–water partition coefficient (Wildman–Crippen LogP) is 6.28. The zero-order valence-electron chi connectivity index (χ0n) is 24.2. The lowest BCUT2D eigenvalue weighted by molar-refractivity contribution is -0.127. The molecule has 228 valence electrons. The number of nitrogens with one attached hydrogen (secondary N) is 1. The van der Waals surface area contributed by atoms with Crippen LogP contribution in [0.25, 0.3) is 6.08 Å². The summed E-state index contributed by atoms with van der Waals surface area (Å²) in [5.41, 5.74) is 4.09. The quantitative estimate of drug-likeness (QED) is 0.187. The van der Waals surface area contributed by atoms with Crippen LogP contribution in [0.3, 0.4) is 0 Å². The Morgan fingerprint density at radius 2 is 1.82 bits per heavy atom. The number of allylic oxidation sites excluding steroid dienone is 1. The Morgan fingerprint density at radius 3 is 2.50 bits per heavy atom. The van der Waals surface area contributed by atoms with E-state index in [1.54, 1.807) is 37.5 Å². The highest BCUT2D eigenvalue weighted by molar-refractivity contribution is 9.10. The highest BCUT2D eigenvalue weighted by Crippen LogP contribution is 2.37. The number of thioether (sulfide) groups is 1. The summed E-state index contributed by atoms with van der Waals surface area (Å²) < 4.78 is 18.2. The van der Waals surface area contributed by atoms with Gasteiger partial charge in [0.2, 0.25) is 5.91 Å². The lowest BCUT2D eigenvalue weighted by Gasteiger charge is -2.28. The van der Waals surface area contributed by atoms with Crippen molar-refractivity contribution in [3.05, 3.63) is 99.4 Å². The Balaban J connectivity index is 1.26. The largest absolute Gasteiger partial charge is 0.493 e. The number of methoxy groups -OCH3 is 1. The van der Waals surface area contributed by atoms with E-state index in [-0.39, 0.29) is 11.4 Å². The lowest BCUT2D eigenvalue weighted by Crippen LogP contribution is -2.36. The first kappa shape index (κ1) is 31.4. The lowest BCUT2D eigenvalue weighted by atomic mass is 10.0. The molecule has 0 radical (unpaired) electrons. The average Bonchev–Trinajstić information content (AvgIpc) is 3.29. The molecule has 2 saturated heterocycles. The van der Waals surface area contributed by atoms with E-state index in [0.29, 0.717) is 49.0 Å². The molecule has 3 aromatic carbocycles. The molecule has 0 saturated carbocycles. The second-order valence-corrected chi connectivity index (χ2v) is 12.0. The smallest absolute Gasteiger partial charge is 0.294 e. The van der Waals surface area contributed by atoms with Crippen LogP contribution in [-0.2, 0) is 27.4 Å². The summed E-state index contributed by atoms with van der Waals surface area (Å²) >= 11 is 4.23. The number of rotatable bonds is 11. The number of halogens is 1. The topological polar surface area (TPSA) is 97.4 Å². The van der Waals surface area contributed by atoms with Crippen molar-refractivity contribution in [1.29, 1.82) is 0 Å². The third-order valence-electron chi connectivity index (χ3n) is 7.04. The van der Waals surface area contributed by atoms with Gasteiger partial charge in [-0.2, -0.15) is 0 Å². The number of anilines is 2. The molecule has 0 aromatic heterocycles. The first-order chi connectivity index (χ1) is 21.3. The van der Waals surface area contributed by atoms with Gasteiger partial charge in [-0.3, -0.25) is 19.3 Å². The zero-order valence-corrected chi connectivity index (χ0v) is 26.6. The Morgan fingerprint density at radius 1 is 1.09 bits per heavy atom. The van der Waals surface area contributed by atoms with Crippen molar-refractivity contribution in [2.45, 2.75) is 13.0 Å². The van der Waals surface area contributed by atoms with Crippen LogP contribution in [0.2, 0.25) is 0 Å². The standard InChI is InChI=1S/C33H32BrN3O6S/c1-3-4-24-17-23(18-28(41-2)31(24)43-21-22-5-7-25(34)8-6-22)19-29-32(39)37(33(40)44-29)20-30(38)35-26-9-11-27(12-10-26)36-13-15-42-16-14-36/h3,5-12,17-19H,1,4,13-16,20-21H2,2H3,(H,35,38)/b29-19-. The number of carbonyl (C=O) groups is 3. The van der Waals surface area contributed by atoms with E-state index < -0.39 is 17.1 Å². The molecule has 44 heavy (non-hydrogen) atoms. The number of hydrogen-bond donors (Lipinski definition) is 1. The molecule has 1 N–H and O–H groups in total. The van der Waals surface area contributed by atoms with Crippen molar-refractivity contribution in [2.24, 2.45) is 0 Å². The molecule has 11 heteroatoms. The highest BCUT2D eigenvalue weighted by Gasteiger charge is 2.36. The van der Waals surface area contributed by atoms with Crippen LogP contribution < -0.4 is 19.7 Å². The molecular formula is C33H32BrN3O6S. The summed E-state index contributed by atoms with van der Waals surface area (Å²) in [7, 11) is 1.55. The fourth-order valence-corrected chi connectivity index (χ4v) is 5.94. The first-order valence-electron chi connectivity index (χ1n) is 14.0. The minimum Gasteiger partial charge on any atom is -0.493 e. The molecule has 0 aliphatic carbocycles.